The average molecular weight is 1310 g/mol. The van der Waals surface area contributed by atoms with Gasteiger partial charge in [0.1, 0.15) is 24.0 Å². The lowest BCUT2D eigenvalue weighted by molar-refractivity contribution is 0.327. The van der Waals surface area contributed by atoms with E-state index in [1.165, 1.54) is 37.8 Å². The molecule has 0 radical (unpaired) electrons. The van der Waals surface area contributed by atoms with Crippen LogP contribution in [0, 0.1) is 60.8 Å². The van der Waals surface area contributed by atoms with Gasteiger partial charge in [-0.3, -0.25) is 0 Å². The monoisotopic (exact) mass is 1310 g/mol. The van der Waals surface area contributed by atoms with Crippen molar-refractivity contribution in [2.45, 2.75) is 299 Å². The largest absolute Gasteiger partial charge is 0.449 e. The summed E-state index contributed by atoms with van der Waals surface area (Å²) in [5.74, 6) is 3.38. The molecule has 90 heavy (non-hydrogen) atoms. The first-order chi connectivity index (χ1) is 40.5. The molecule has 0 saturated carbocycles. The van der Waals surface area contributed by atoms with Gasteiger partial charge in [0.05, 0.1) is 50.4 Å². The highest BCUT2D eigenvalue weighted by atomic mass is 32.1. The Morgan fingerprint density at radius 2 is 1.00 bits per heavy atom. The number of hydrogen-bond donors (Lipinski definition) is 0. The fourth-order valence-electron chi connectivity index (χ4n) is 7.48. The minimum Gasteiger partial charge on any atom is -0.449 e. The summed E-state index contributed by atoms with van der Waals surface area (Å²) < 4.78 is 28.8. The van der Waals surface area contributed by atoms with Gasteiger partial charge in [-0.15, -0.1) is 22.7 Å². The van der Waals surface area contributed by atoms with E-state index in [9.17, 15) is 0 Å². The molecule has 0 spiro atoms. The normalized spacial score (nSPS) is 12.8. The molecule has 8 aromatic rings. The smallest absolute Gasteiger partial charge is 0.191 e. The van der Waals surface area contributed by atoms with Crippen molar-refractivity contribution >= 4 is 45.7 Å². The highest BCUT2D eigenvalue weighted by Gasteiger charge is 2.23. The maximum Gasteiger partial charge on any atom is 0.191 e. The van der Waals surface area contributed by atoms with Gasteiger partial charge in [-0.25, -0.2) is 19.9 Å². The van der Waals surface area contributed by atoms with Gasteiger partial charge in [-0.1, -0.05) is 221 Å². The van der Waals surface area contributed by atoms with Crippen molar-refractivity contribution in [3.63, 3.8) is 0 Å². The molecule has 0 aliphatic heterocycles. The van der Waals surface area contributed by atoms with Crippen LogP contribution in [0.4, 0.5) is 0 Å². The number of aryl methyl sites for hydroxylation is 8. The van der Waals surface area contributed by atoms with E-state index in [1.54, 1.807) is 70.0 Å². The number of aromatic nitrogens is 8. The fraction of sp³-hybridized carbons (Fsp3) is 0.622. The second-order valence-corrected chi connectivity index (χ2v) is 36.1. The van der Waals surface area contributed by atoms with Crippen LogP contribution in [0.25, 0.3) is 0 Å². The van der Waals surface area contributed by atoms with Gasteiger partial charge in [0.25, 0.3) is 0 Å². The van der Waals surface area contributed by atoms with Crippen molar-refractivity contribution in [1.82, 2.24) is 39.0 Å². The maximum absolute atomic E-state index is 5.34. The molecule has 1 aliphatic carbocycles. The zero-order valence-electron chi connectivity index (χ0n) is 62.8. The molecule has 0 amide bonds. The molecule has 9 rings (SSSR count). The summed E-state index contributed by atoms with van der Waals surface area (Å²) in [6.45, 7) is 76.6. The van der Waals surface area contributed by atoms with Crippen LogP contribution < -0.4 is 0 Å². The van der Waals surface area contributed by atoms with Gasteiger partial charge in [-0.2, -0.15) is 8.75 Å². The number of hydrogen-bond acceptors (Lipinski definition) is 16. The molecular weight excluding hydrogens is 1190 g/mol. The van der Waals surface area contributed by atoms with E-state index in [1.807, 2.05) is 60.7 Å². The summed E-state index contributed by atoms with van der Waals surface area (Å²) in [7, 11) is 0. The summed E-state index contributed by atoms with van der Waals surface area (Å²) in [6.07, 6.45) is 13.0. The maximum atomic E-state index is 5.34. The highest BCUT2D eigenvalue weighted by molar-refractivity contribution is 7.11. The molecule has 0 unspecified atom stereocenters. The van der Waals surface area contributed by atoms with Crippen LogP contribution >= 0.6 is 45.7 Å². The Morgan fingerprint density at radius 3 is 1.20 bits per heavy atom. The molecular formula is C74H120N8O4S4. The van der Waals surface area contributed by atoms with E-state index in [-0.39, 0.29) is 43.3 Å². The Bertz CT molecular complexity index is 2930. The van der Waals surface area contributed by atoms with Crippen LogP contribution in [0.1, 0.15) is 289 Å². The van der Waals surface area contributed by atoms with Crippen molar-refractivity contribution in [3.05, 3.63) is 159 Å². The van der Waals surface area contributed by atoms with Gasteiger partial charge < -0.3 is 17.9 Å². The molecule has 0 aromatic carbocycles. The fourth-order valence-corrected chi connectivity index (χ4v) is 10.9. The molecule has 8 heterocycles. The first-order valence-corrected chi connectivity index (χ1v) is 34.6. The van der Waals surface area contributed by atoms with Gasteiger partial charge in [0.2, 0.25) is 0 Å². The third-order valence-electron chi connectivity index (χ3n) is 13.4. The molecule has 8 aromatic heterocycles. The average Bonchev–Trinajstić information content (AvgIpc) is 3.05. The zero-order valence-corrected chi connectivity index (χ0v) is 66.1. The Labute approximate surface area is 562 Å². The van der Waals surface area contributed by atoms with Crippen molar-refractivity contribution in [1.29, 1.82) is 0 Å². The number of allylic oxidation sites excluding steroid dienone is 4. The predicted octanol–water partition coefficient (Wildman–Crippen LogP) is 23.4. The SMILES string of the molecule is CC1=CCC(C(C)(C)C)=C1.Cc1cc(C(C)(C)C)on1.Cc1cc(C(C)(C)C)sn1.Cc1nc(C(C)(C)C)co1.Cc1nc(C(C)(C)C)cs1.Cc1ncc(C(C)(C)C)o1.Cc1ncc(C(C)(C)C)s1.Cc1nocc1C(C)(C)C.Cc1nscc1C(C)(C)C. The topological polar surface area (TPSA) is 156 Å². The lowest BCUT2D eigenvalue weighted by Gasteiger charge is -2.19. The van der Waals surface area contributed by atoms with Crippen molar-refractivity contribution in [2.75, 3.05) is 0 Å². The molecule has 0 bridgehead atoms. The van der Waals surface area contributed by atoms with Crippen LogP contribution in [0.5, 0.6) is 0 Å². The Balaban J connectivity index is 0.000000506. The number of oxazole rings is 2. The summed E-state index contributed by atoms with van der Waals surface area (Å²) in [5, 5.41) is 14.2. The van der Waals surface area contributed by atoms with Crippen LogP contribution in [-0.2, 0) is 43.3 Å². The summed E-state index contributed by atoms with van der Waals surface area (Å²) in [4.78, 5) is 19.6. The highest BCUT2D eigenvalue weighted by Crippen LogP contribution is 2.34. The minimum atomic E-state index is 0.0846. The van der Waals surface area contributed by atoms with E-state index < -0.39 is 0 Å². The van der Waals surface area contributed by atoms with Crippen molar-refractivity contribution in [2.24, 2.45) is 5.41 Å². The lowest BCUT2D eigenvalue weighted by Crippen LogP contribution is -2.11. The van der Waals surface area contributed by atoms with Gasteiger partial charge in [0.15, 0.2) is 11.8 Å². The van der Waals surface area contributed by atoms with E-state index >= 15 is 0 Å². The van der Waals surface area contributed by atoms with Crippen LogP contribution in [0.2, 0.25) is 0 Å². The zero-order chi connectivity index (χ0) is 70.0. The van der Waals surface area contributed by atoms with E-state index in [4.69, 9.17) is 17.9 Å². The second-order valence-electron chi connectivity index (χ2n) is 32.4. The predicted molar refractivity (Wildman–Crippen MR) is 388 cm³/mol. The molecule has 0 fully saturated rings. The second kappa shape index (κ2) is 34.1. The molecule has 0 N–H and O–H groups in total. The van der Waals surface area contributed by atoms with Gasteiger partial charge >= 0.3 is 0 Å². The van der Waals surface area contributed by atoms with Crippen molar-refractivity contribution in [3.8, 4) is 0 Å². The summed E-state index contributed by atoms with van der Waals surface area (Å²) in [5.41, 5.74) is 13.8. The lowest BCUT2D eigenvalue weighted by atomic mass is 9.86. The number of thiazole rings is 2. The van der Waals surface area contributed by atoms with Crippen molar-refractivity contribution < 1.29 is 17.9 Å². The molecule has 16 heteroatoms. The molecule has 12 nitrogen and oxygen atoms in total. The quantitative estimate of drug-likeness (QED) is 0.142. The van der Waals surface area contributed by atoms with E-state index in [2.05, 4.69) is 269 Å². The van der Waals surface area contributed by atoms with Crippen LogP contribution in [-0.4, -0.2) is 39.0 Å². The molecule has 1 aliphatic rings. The Morgan fingerprint density at radius 1 is 0.444 bits per heavy atom. The third-order valence-corrected chi connectivity index (χ3v) is 17.5. The molecule has 0 atom stereocenters. The number of nitrogens with zero attached hydrogens (tertiary/aromatic N) is 8. The first kappa shape index (κ1) is 82.9. The molecule has 504 valence electrons. The van der Waals surface area contributed by atoms with E-state index in [0.717, 1.165) is 62.5 Å². The minimum absolute atomic E-state index is 0.0846. The van der Waals surface area contributed by atoms with Gasteiger partial charge in [-0.05, 0) is 117 Å². The summed E-state index contributed by atoms with van der Waals surface area (Å²) in [6, 6.07) is 4.13. The summed E-state index contributed by atoms with van der Waals surface area (Å²) >= 11 is 6.65. The van der Waals surface area contributed by atoms with Crippen LogP contribution in [0.3, 0.4) is 0 Å². The van der Waals surface area contributed by atoms with Gasteiger partial charge in [0, 0.05) is 73.8 Å². The molecule has 0 saturated heterocycles. The first-order valence-electron chi connectivity index (χ1n) is 31.3. The Hall–Kier alpha value is -5.16. The van der Waals surface area contributed by atoms with Crippen LogP contribution in [0.15, 0.2) is 89.0 Å². The Kier molecular flexibility index (Phi) is 31.4. The standard InChI is InChI=1S/C10H16.4C8H13NO.4C8H13NS/c1-8-5-6-9(7-8)10(2,3)4;1-6-9-7(5-10-6)8(2,3)4;1-6-9-5-7(10-6)8(2,3)4;1-6-7(5-10-9-6)8(2,3)4;1-6-5-7(10-9-6)8(2,3)4;1-6-9-7(5-10-6)8(2,3)4;1-6-9-5-7(10-6)8(2,3)4;1-6-7(5-10-9-6)8(2,3)4;1-6-5-7(10-9-6)8(2,3)4/h5,7H,6H2,1-4H3;8*5H,1-4H3. The third kappa shape index (κ3) is 31.9. The number of rotatable bonds is 0. The van der Waals surface area contributed by atoms with E-state index in [0.29, 0.717) is 5.41 Å².